The normalized spacial score (nSPS) is 11.7. The Kier molecular flexibility index (Phi) is 5.02. The lowest BCUT2D eigenvalue weighted by molar-refractivity contribution is 0.474. The molecular formula is C13H10Br2N2O3S. The van der Waals surface area contributed by atoms with Crippen LogP contribution in [0.15, 0.2) is 61.4 Å². The molecule has 0 aliphatic rings. The number of hydrazone groups is 1. The number of rotatable bonds is 4. The van der Waals surface area contributed by atoms with Crippen molar-refractivity contribution in [2.45, 2.75) is 4.90 Å². The molecule has 21 heavy (non-hydrogen) atoms. The fourth-order valence-corrected chi connectivity index (χ4v) is 2.89. The Balaban J connectivity index is 2.16. The van der Waals surface area contributed by atoms with Gasteiger partial charge in [0.2, 0.25) is 0 Å². The van der Waals surface area contributed by atoms with Crippen molar-refractivity contribution >= 4 is 48.1 Å². The second kappa shape index (κ2) is 6.59. The second-order valence-corrected chi connectivity index (χ2v) is 7.50. The summed E-state index contributed by atoms with van der Waals surface area (Å²) in [6.45, 7) is 0. The number of hydrogen-bond acceptors (Lipinski definition) is 4. The average Bonchev–Trinajstić information content (AvgIpc) is 2.43. The summed E-state index contributed by atoms with van der Waals surface area (Å²) in [7, 11) is -3.73. The van der Waals surface area contributed by atoms with Crippen LogP contribution in [-0.2, 0) is 10.0 Å². The highest BCUT2D eigenvalue weighted by Crippen LogP contribution is 2.20. The zero-order valence-corrected chi connectivity index (χ0v) is 14.5. The zero-order valence-electron chi connectivity index (χ0n) is 10.5. The van der Waals surface area contributed by atoms with Crippen molar-refractivity contribution in [1.29, 1.82) is 0 Å². The number of phenolic OH excluding ortho intramolecular Hbond substituents is 1. The van der Waals surface area contributed by atoms with Crippen molar-refractivity contribution in [3.63, 3.8) is 0 Å². The summed E-state index contributed by atoms with van der Waals surface area (Å²) in [6.07, 6.45) is 1.23. The van der Waals surface area contributed by atoms with Crippen molar-refractivity contribution in [3.8, 4) is 5.75 Å². The standard InChI is InChI=1S/C13H10Br2N2O3S/c14-10-1-4-12(5-2-10)21(19,20)17-16-8-9-7-11(15)3-6-13(9)18/h1-8,17-18H/b16-8-. The van der Waals surface area contributed by atoms with E-state index in [2.05, 4.69) is 41.8 Å². The van der Waals surface area contributed by atoms with Crippen LogP contribution < -0.4 is 4.83 Å². The first-order chi connectivity index (χ1) is 9.88. The smallest absolute Gasteiger partial charge is 0.276 e. The SMILES string of the molecule is O=S(=O)(N/N=C\c1cc(Br)ccc1O)c1ccc(Br)cc1. The number of nitrogens with zero attached hydrogens (tertiary/aromatic N) is 1. The van der Waals surface area contributed by atoms with E-state index in [-0.39, 0.29) is 10.6 Å². The quantitative estimate of drug-likeness (QED) is 0.573. The zero-order chi connectivity index (χ0) is 15.5. The maximum absolute atomic E-state index is 12.0. The van der Waals surface area contributed by atoms with E-state index < -0.39 is 10.0 Å². The molecule has 0 heterocycles. The van der Waals surface area contributed by atoms with E-state index in [1.807, 2.05) is 0 Å². The van der Waals surface area contributed by atoms with Gasteiger partial charge < -0.3 is 5.11 Å². The van der Waals surface area contributed by atoms with Crippen LogP contribution in [0.2, 0.25) is 0 Å². The summed E-state index contributed by atoms with van der Waals surface area (Å²) in [5, 5.41) is 13.3. The first-order valence-electron chi connectivity index (χ1n) is 5.67. The summed E-state index contributed by atoms with van der Waals surface area (Å²) >= 11 is 6.49. The third-order valence-corrected chi connectivity index (χ3v) is 4.75. The Hall–Kier alpha value is -1.38. The van der Waals surface area contributed by atoms with Crippen LogP contribution in [0.25, 0.3) is 0 Å². The first kappa shape index (κ1) is 16.0. The molecule has 0 saturated carbocycles. The van der Waals surface area contributed by atoms with Crippen LogP contribution in [0.4, 0.5) is 0 Å². The van der Waals surface area contributed by atoms with Crippen LogP contribution in [0.1, 0.15) is 5.56 Å². The molecule has 0 fully saturated rings. The summed E-state index contributed by atoms with van der Waals surface area (Å²) in [5.41, 5.74) is 0.392. The number of aromatic hydroxyl groups is 1. The van der Waals surface area contributed by atoms with Crippen molar-refractivity contribution < 1.29 is 13.5 Å². The lowest BCUT2D eigenvalue weighted by Gasteiger charge is -2.03. The topological polar surface area (TPSA) is 78.8 Å². The number of benzene rings is 2. The second-order valence-electron chi connectivity index (χ2n) is 4.01. The van der Waals surface area contributed by atoms with Crippen LogP contribution in [0.5, 0.6) is 5.75 Å². The summed E-state index contributed by atoms with van der Waals surface area (Å²) in [6, 6.07) is 10.9. The fourth-order valence-electron chi connectivity index (χ4n) is 1.46. The minimum absolute atomic E-state index is 0.00443. The highest BCUT2D eigenvalue weighted by molar-refractivity contribution is 9.10. The van der Waals surface area contributed by atoms with Gasteiger partial charge in [-0.3, -0.25) is 0 Å². The first-order valence-corrected chi connectivity index (χ1v) is 8.74. The van der Waals surface area contributed by atoms with Gasteiger partial charge in [0.25, 0.3) is 10.0 Å². The van der Waals surface area contributed by atoms with Crippen LogP contribution >= 0.6 is 31.9 Å². The van der Waals surface area contributed by atoms with Gasteiger partial charge in [-0.1, -0.05) is 31.9 Å². The predicted octanol–water partition coefficient (Wildman–Crippen LogP) is 3.23. The molecule has 8 heteroatoms. The molecule has 110 valence electrons. The van der Waals surface area contributed by atoms with Crippen LogP contribution in [0.3, 0.4) is 0 Å². The number of phenols is 1. The number of halogens is 2. The molecule has 2 aromatic rings. The van der Waals surface area contributed by atoms with Crippen molar-refractivity contribution in [1.82, 2.24) is 4.83 Å². The molecule has 0 amide bonds. The molecule has 0 aliphatic heterocycles. The molecule has 0 atom stereocenters. The maximum atomic E-state index is 12.0. The van der Waals surface area contributed by atoms with E-state index in [1.54, 1.807) is 24.3 Å². The Morgan fingerprint density at radius 1 is 1.05 bits per heavy atom. The van der Waals surface area contributed by atoms with Gasteiger partial charge in [-0.2, -0.15) is 13.5 Å². The molecule has 2 N–H and O–H groups in total. The Morgan fingerprint density at radius 3 is 2.33 bits per heavy atom. The van der Waals surface area contributed by atoms with Gasteiger partial charge in [-0.05, 0) is 42.5 Å². The molecule has 5 nitrogen and oxygen atoms in total. The fraction of sp³-hybridized carbons (Fsp3) is 0. The minimum atomic E-state index is -3.73. The Bertz CT molecular complexity index is 775. The van der Waals surface area contributed by atoms with Gasteiger partial charge in [0.1, 0.15) is 5.75 Å². The molecule has 2 rings (SSSR count). The molecule has 0 radical (unpaired) electrons. The van der Waals surface area contributed by atoms with Gasteiger partial charge in [-0.15, -0.1) is 0 Å². The van der Waals surface area contributed by atoms with Crippen molar-refractivity contribution in [2.75, 3.05) is 0 Å². The minimum Gasteiger partial charge on any atom is -0.507 e. The third kappa shape index (κ3) is 4.29. The summed E-state index contributed by atoms with van der Waals surface area (Å²) < 4.78 is 25.5. The molecule has 0 aliphatic carbocycles. The average molecular weight is 434 g/mol. The van der Waals surface area contributed by atoms with E-state index in [4.69, 9.17) is 0 Å². The molecule has 0 spiro atoms. The highest BCUT2D eigenvalue weighted by Gasteiger charge is 2.12. The Morgan fingerprint density at radius 2 is 1.67 bits per heavy atom. The molecular weight excluding hydrogens is 424 g/mol. The van der Waals surface area contributed by atoms with Gasteiger partial charge >= 0.3 is 0 Å². The molecule has 0 unspecified atom stereocenters. The summed E-state index contributed by atoms with van der Waals surface area (Å²) in [5.74, 6) is 0.00443. The molecule has 2 aromatic carbocycles. The van der Waals surface area contributed by atoms with E-state index in [0.29, 0.717) is 5.56 Å². The highest BCUT2D eigenvalue weighted by atomic mass is 79.9. The van der Waals surface area contributed by atoms with Crippen molar-refractivity contribution in [3.05, 3.63) is 57.0 Å². The lowest BCUT2D eigenvalue weighted by atomic mass is 10.2. The third-order valence-electron chi connectivity index (χ3n) is 2.49. The lowest BCUT2D eigenvalue weighted by Crippen LogP contribution is -2.18. The van der Waals surface area contributed by atoms with E-state index in [1.165, 1.54) is 24.4 Å². The molecule has 0 bridgehead atoms. The van der Waals surface area contributed by atoms with Gasteiger partial charge in [0.15, 0.2) is 0 Å². The Labute approximate surface area is 139 Å². The van der Waals surface area contributed by atoms with Crippen LogP contribution in [0, 0.1) is 0 Å². The van der Waals surface area contributed by atoms with E-state index >= 15 is 0 Å². The number of sulfonamides is 1. The largest absolute Gasteiger partial charge is 0.507 e. The monoisotopic (exact) mass is 432 g/mol. The van der Waals surface area contributed by atoms with Gasteiger partial charge in [-0.25, -0.2) is 4.83 Å². The molecule has 0 aromatic heterocycles. The van der Waals surface area contributed by atoms with E-state index in [0.717, 1.165) is 8.95 Å². The predicted molar refractivity (Wildman–Crippen MR) is 87.9 cm³/mol. The number of nitrogens with one attached hydrogen (secondary N) is 1. The maximum Gasteiger partial charge on any atom is 0.276 e. The molecule has 0 saturated heterocycles. The number of hydrogen-bond donors (Lipinski definition) is 2. The van der Waals surface area contributed by atoms with E-state index in [9.17, 15) is 13.5 Å². The summed E-state index contributed by atoms with van der Waals surface area (Å²) in [4.78, 5) is 2.19. The van der Waals surface area contributed by atoms with Crippen molar-refractivity contribution in [2.24, 2.45) is 5.10 Å². The van der Waals surface area contributed by atoms with Gasteiger partial charge in [0.05, 0.1) is 11.1 Å². The van der Waals surface area contributed by atoms with Crippen LogP contribution in [-0.4, -0.2) is 19.7 Å². The van der Waals surface area contributed by atoms with Gasteiger partial charge in [0, 0.05) is 14.5 Å².